The van der Waals surface area contributed by atoms with Crippen LogP contribution in [0.3, 0.4) is 0 Å². The number of hydrogen-bond acceptors (Lipinski definition) is 5. The highest BCUT2D eigenvalue weighted by Crippen LogP contribution is 2.17. The van der Waals surface area contributed by atoms with Gasteiger partial charge in [0, 0.05) is 25.9 Å². The zero-order chi connectivity index (χ0) is 21.3. The summed E-state index contributed by atoms with van der Waals surface area (Å²) in [5, 5.41) is 11.2. The van der Waals surface area contributed by atoms with Gasteiger partial charge in [0.15, 0.2) is 15.8 Å². The predicted molar refractivity (Wildman–Crippen MR) is 134 cm³/mol. The Balaban J connectivity index is 0.00000450. The van der Waals surface area contributed by atoms with Gasteiger partial charge in [-0.05, 0) is 48.9 Å². The third kappa shape index (κ3) is 8.60. The van der Waals surface area contributed by atoms with Crippen molar-refractivity contribution in [1.29, 1.82) is 0 Å². The molecule has 3 N–H and O–H groups in total. The van der Waals surface area contributed by atoms with E-state index in [9.17, 15) is 13.2 Å². The molecule has 1 aromatic heterocycles. The molecular formula is C20H29IN4O3S2. The maximum Gasteiger partial charge on any atom is 0.261 e. The molecule has 0 fully saturated rings. The van der Waals surface area contributed by atoms with Crippen LogP contribution in [0.1, 0.15) is 34.1 Å². The molecule has 1 aromatic carbocycles. The highest BCUT2D eigenvalue weighted by molar-refractivity contribution is 14.0. The average molecular weight is 565 g/mol. The number of rotatable bonds is 9. The Morgan fingerprint density at radius 2 is 1.87 bits per heavy atom. The van der Waals surface area contributed by atoms with Gasteiger partial charge in [-0.2, -0.15) is 0 Å². The molecule has 2 rings (SSSR count). The fourth-order valence-electron chi connectivity index (χ4n) is 2.73. The van der Waals surface area contributed by atoms with Crippen molar-refractivity contribution in [3.05, 3.63) is 51.7 Å². The first kappa shape index (κ1) is 26.4. The zero-order valence-electron chi connectivity index (χ0n) is 17.4. The molecule has 0 atom stereocenters. The molecule has 0 aliphatic rings. The monoisotopic (exact) mass is 564 g/mol. The number of hydrogen-bond donors (Lipinski definition) is 3. The highest BCUT2D eigenvalue weighted by atomic mass is 127. The normalized spacial score (nSPS) is 11.5. The lowest BCUT2D eigenvalue weighted by Crippen LogP contribution is -2.38. The van der Waals surface area contributed by atoms with E-state index in [0.29, 0.717) is 35.4 Å². The molecule has 166 valence electrons. The molecule has 0 bridgehead atoms. The number of carbonyl (C=O) groups is 1. The minimum atomic E-state index is -3.22. The lowest BCUT2D eigenvalue weighted by atomic mass is 10.1. The number of carbonyl (C=O) groups excluding carboxylic acids is 1. The van der Waals surface area contributed by atoms with Crippen molar-refractivity contribution < 1.29 is 13.2 Å². The van der Waals surface area contributed by atoms with Gasteiger partial charge in [-0.25, -0.2) is 13.4 Å². The number of amides is 1. The van der Waals surface area contributed by atoms with E-state index in [4.69, 9.17) is 0 Å². The summed E-state index contributed by atoms with van der Waals surface area (Å²) in [4.78, 5) is 17.5. The average Bonchev–Trinajstić information content (AvgIpc) is 3.19. The van der Waals surface area contributed by atoms with E-state index in [0.717, 1.165) is 24.1 Å². The molecule has 0 aliphatic carbocycles. The summed E-state index contributed by atoms with van der Waals surface area (Å²) >= 11 is 1.42. The van der Waals surface area contributed by atoms with Crippen LogP contribution in [-0.2, 0) is 16.4 Å². The summed E-state index contributed by atoms with van der Waals surface area (Å²) in [6, 6.07) is 8.93. The molecule has 7 nitrogen and oxygen atoms in total. The fraction of sp³-hybridized carbons (Fsp3) is 0.400. The van der Waals surface area contributed by atoms with E-state index in [-0.39, 0.29) is 29.9 Å². The van der Waals surface area contributed by atoms with Crippen molar-refractivity contribution in [2.24, 2.45) is 4.99 Å². The van der Waals surface area contributed by atoms with Gasteiger partial charge in [0.1, 0.15) is 0 Å². The van der Waals surface area contributed by atoms with Crippen LogP contribution in [0.15, 0.2) is 45.6 Å². The van der Waals surface area contributed by atoms with Gasteiger partial charge >= 0.3 is 0 Å². The standard InChI is InChI=1S/C20H28N4O3S2.HI/c1-4-21-20(23-11-6-10-22-19(25)17-7-5-12-28-17)24-14-16-8-9-18(15(2)13-16)29(3,26)27;/h5,7-9,12-13H,4,6,10-11,14H2,1-3H3,(H,22,25)(H2,21,23,24);1H. The summed E-state index contributed by atoms with van der Waals surface area (Å²) in [5.41, 5.74) is 1.66. The van der Waals surface area contributed by atoms with Gasteiger partial charge < -0.3 is 16.0 Å². The topological polar surface area (TPSA) is 99.7 Å². The number of nitrogens with one attached hydrogen (secondary N) is 3. The molecule has 0 unspecified atom stereocenters. The van der Waals surface area contributed by atoms with Crippen molar-refractivity contribution in [2.45, 2.75) is 31.7 Å². The fourth-order valence-corrected chi connectivity index (χ4v) is 4.33. The van der Waals surface area contributed by atoms with Crippen LogP contribution in [0.25, 0.3) is 0 Å². The van der Waals surface area contributed by atoms with Crippen molar-refractivity contribution >= 4 is 57.0 Å². The van der Waals surface area contributed by atoms with Crippen LogP contribution >= 0.6 is 35.3 Å². The van der Waals surface area contributed by atoms with Crippen LogP contribution in [0.5, 0.6) is 0 Å². The van der Waals surface area contributed by atoms with E-state index in [1.165, 1.54) is 17.6 Å². The van der Waals surface area contributed by atoms with Gasteiger partial charge in [0.05, 0.1) is 16.3 Å². The van der Waals surface area contributed by atoms with Gasteiger partial charge in [-0.15, -0.1) is 35.3 Å². The number of nitrogens with zero attached hydrogens (tertiary/aromatic N) is 1. The lowest BCUT2D eigenvalue weighted by molar-refractivity contribution is 0.0957. The van der Waals surface area contributed by atoms with Gasteiger partial charge in [-0.3, -0.25) is 4.79 Å². The number of thiophene rings is 1. The summed E-state index contributed by atoms with van der Waals surface area (Å²) < 4.78 is 23.4. The molecule has 1 amide bonds. The number of benzene rings is 1. The second kappa shape index (κ2) is 12.9. The molecule has 0 aliphatic heterocycles. The predicted octanol–water partition coefficient (Wildman–Crippen LogP) is 2.95. The minimum absolute atomic E-state index is 0. The Kier molecular flexibility index (Phi) is 11.3. The van der Waals surface area contributed by atoms with Crippen LogP contribution in [0.2, 0.25) is 0 Å². The number of guanidine groups is 1. The van der Waals surface area contributed by atoms with E-state index in [1.807, 2.05) is 24.4 Å². The van der Waals surface area contributed by atoms with Crippen molar-refractivity contribution in [1.82, 2.24) is 16.0 Å². The van der Waals surface area contributed by atoms with E-state index < -0.39 is 9.84 Å². The van der Waals surface area contributed by atoms with Crippen LogP contribution in [0, 0.1) is 6.92 Å². The van der Waals surface area contributed by atoms with Crippen LogP contribution in [0.4, 0.5) is 0 Å². The third-order valence-electron chi connectivity index (χ3n) is 4.08. The number of aryl methyl sites for hydroxylation is 1. The maximum absolute atomic E-state index is 11.9. The Morgan fingerprint density at radius 1 is 1.13 bits per heavy atom. The highest BCUT2D eigenvalue weighted by Gasteiger charge is 2.10. The maximum atomic E-state index is 11.9. The van der Waals surface area contributed by atoms with Crippen LogP contribution < -0.4 is 16.0 Å². The van der Waals surface area contributed by atoms with Crippen molar-refractivity contribution in [3.63, 3.8) is 0 Å². The molecule has 0 saturated carbocycles. The largest absolute Gasteiger partial charge is 0.357 e. The van der Waals surface area contributed by atoms with E-state index in [1.54, 1.807) is 25.1 Å². The Morgan fingerprint density at radius 3 is 2.47 bits per heavy atom. The van der Waals surface area contributed by atoms with Crippen molar-refractivity contribution in [2.75, 3.05) is 25.9 Å². The van der Waals surface area contributed by atoms with Gasteiger partial charge in [0.25, 0.3) is 5.91 Å². The number of aliphatic imine (C=N–C) groups is 1. The molecular weight excluding hydrogens is 535 g/mol. The molecule has 0 radical (unpaired) electrons. The SMILES string of the molecule is CCNC(=NCc1ccc(S(C)(=O)=O)c(C)c1)NCCCNC(=O)c1cccs1.I. The third-order valence-corrected chi connectivity index (χ3v) is 6.20. The Bertz CT molecular complexity index is 945. The number of halogens is 1. The second-order valence-corrected chi connectivity index (χ2v) is 9.51. The Labute approximate surface area is 199 Å². The zero-order valence-corrected chi connectivity index (χ0v) is 21.4. The molecule has 10 heteroatoms. The van der Waals surface area contributed by atoms with Crippen LogP contribution in [-0.4, -0.2) is 46.2 Å². The van der Waals surface area contributed by atoms with E-state index >= 15 is 0 Å². The summed E-state index contributed by atoms with van der Waals surface area (Å²) in [6.07, 6.45) is 1.98. The Hall–Kier alpha value is -1.66. The molecule has 1 heterocycles. The summed E-state index contributed by atoms with van der Waals surface area (Å²) in [6.45, 7) is 6.20. The minimum Gasteiger partial charge on any atom is -0.357 e. The lowest BCUT2D eigenvalue weighted by Gasteiger charge is -2.12. The van der Waals surface area contributed by atoms with Gasteiger partial charge in [-0.1, -0.05) is 18.2 Å². The first-order chi connectivity index (χ1) is 13.8. The first-order valence-electron chi connectivity index (χ1n) is 9.44. The summed E-state index contributed by atoms with van der Waals surface area (Å²) in [5.74, 6) is 0.635. The number of sulfone groups is 1. The smallest absolute Gasteiger partial charge is 0.261 e. The molecule has 0 saturated heterocycles. The van der Waals surface area contributed by atoms with Gasteiger partial charge in [0.2, 0.25) is 0 Å². The summed E-state index contributed by atoms with van der Waals surface area (Å²) in [7, 11) is -3.22. The molecule has 2 aromatic rings. The first-order valence-corrected chi connectivity index (χ1v) is 12.2. The van der Waals surface area contributed by atoms with E-state index in [2.05, 4.69) is 20.9 Å². The quantitative estimate of drug-likeness (QED) is 0.188. The van der Waals surface area contributed by atoms with Crippen molar-refractivity contribution in [3.8, 4) is 0 Å². The molecule has 0 spiro atoms. The second-order valence-electron chi connectivity index (χ2n) is 6.58. The molecule has 30 heavy (non-hydrogen) atoms.